The number of aliphatic hydroxyl groups is 6. The number of carbonyl (C=O) groups excluding carboxylic acids is 2. The van der Waals surface area contributed by atoms with Gasteiger partial charge in [-0.15, -0.1) is 0 Å². The maximum Gasteiger partial charge on any atom is 0.302 e. The minimum Gasteiger partial charge on any atom is -0.463 e. The first-order chi connectivity index (χ1) is 23.9. The van der Waals surface area contributed by atoms with Gasteiger partial charge in [-0.25, -0.2) is 0 Å². The molecule has 3 saturated carbocycles. The van der Waals surface area contributed by atoms with Gasteiger partial charge in [-0.3, -0.25) is 9.59 Å². The third-order valence-electron chi connectivity index (χ3n) is 14.8. The van der Waals surface area contributed by atoms with Crippen LogP contribution < -0.4 is 0 Å². The fraction of sp³-hybridized carbons (Fsp3) is 0.900. The molecule has 52 heavy (non-hydrogen) atoms. The van der Waals surface area contributed by atoms with E-state index in [1.807, 2.05) is 0 Å². The van der Waals surface area contributed by atoms with Gasteiger partial charge >= 0.3 is 11.9 Å². The van der Waals surface area contributed by atoms with E-state index in [1.165, 1.54) is 33.3 Å². The van der Waals surface area contributed by atoms with Crippen molar-refractivity contribution in [3.05, 3.63) is 11.6 Å². The van der Waals surface area contributed by atoms with Crippen LogP contribution in [-0.4, -0.2) is 110 Å². The number of fused-ring (bicyclic) bond motifs is 5. The molecule has 12 nitrogen and oxygen atoms in total. The van der Waals surface area contributed by atoms with E-state index < -0.39 is 71.4 Å². The van der Waals surface area contributed by atoms with E-state index in [0.29, 0.717) is 12.8 Å². The molecular weight excluding hydrogens is 672 g/mol. The molecule has 0 bridgehead atoms. The number of esters is 2. The van der Waals surface area contributed by atoms with Crippen molar-refractivity contribution >= 4 is 11.9 Å². The van der Waals surface area contributed by atoms with Gasteiger partial charge in [0.05, 0.1) is 17.8 Å². The van der Waals surface area contributed by atoms with Gasteiger partial charge in [0.2, 0.25) is 0 Å². The fourth-order valence-corrected chi connectivity index (χ4v) is 12.1. The van der Waals surface area contributed by atoms with Crippen molar-refractivity contribution in [1.29, 1.82) is 0 Å². The maximum atomic E-state index is 12.2. The van der Waals surface area contributed by atoms with Gasteiger partial charge in [-0.1, -0.05) is 53.2 Å². The van der Waals surface area contributed by atoms with Gasteiger partial charge in [-0.05, 0) is 93.3 Å². The Kier molecular flexibility index (Phi) is 11.5. The van der Waals surface area contributed by atoms with Crippen molar-refractivity contribution in [2.45, 2.75) is 175 Å². The van der Waals surface area contributed by atoms with E-state index in [4.69, 9.17) is 18.9 Å². The Hall–Kier alpha value is -1.64. The van der Waals surface area contributed by atoms with Crippen LogP contribution in [0.3, 0.4) is 0 Å². The van der Waals surface area contributed by atoms with Crippen molar-refractivity contribution in [2.24, 2.45) is 45.3 Å². The van der Waals surface area contributed by atoms with Crippen molar-refractivity contribution < 1.29 is 59.2 Å². The lowest BCUT2D eigenvalue weighted by Crippen LogP contribution is -2.67. The van der Waals surface area contributed by atoms with Crippen molar-refractivity contribution in [3.8, 4) is 0 Å². The third-order valence-corrected chi connectivity index (χ3v) is 14.8. The highest BCUT2D eigenvalue weighted by Crippen LogP contribution is 2.74. The summed E-state index contributed by atoms with van der Waals surface area (Å²) >= 11 is 0. The molecule has 0 radical (unpaired) electrons. The maximum absolute atomic E-state index is 12.2. The molecule has 0 spiro atoms. The molecule has 6 N–H and O–H groups in total. The molecule has 12 heteroatoms. The van der Waals surface area contributed by atoms with Crippen LogP contribution in [0, 0.1) is 45.3 Å². The van der Waals surface area contributed by atoms with E-state index in [2.05, 4.69) is 47.6 Å². The third kappa shape index (κ3) is 7.01. The lowest BCUT2D eigenvalue weighted by atomic mass is 9.37. The summed E-state index contributed by atoms with van der Waals surface area (Å²) in [5.74, 6) is -0.548. The van der Waals surface area contributed by atoms with Crippen LogP contribution in [0.25, 0.3) is 0 Å². The summed E-state index contributed by atoms with van der Waals surface area (Å²) in [5, 5.41) is 65.0. The van der Waals surface area contributed by atoms with Crippen molar-refractivity contribution in [3.63, 3.8) is 0 Å². The zero-order valence-electron chi connectivity index (χ0n) is 32.9. The first-order valence-electron chi connectivity index (χ1n) is 19.4. The Bertz CT molecular complexity index is 1360. The summed E-state index contributed by atoms with van der Waals surface area (Å²) in [7, 11) is 0. The highest BCUT2D eigenvalue weighted by molar-refractivity contribution is 5.66. The van der Waals surface area contributed by atoms with Crippen LogP contribution in [-0.2, 0) is 28.5 Å². The van der Waals surface area contributed by atoms with Crippen LogP contribution >= 0.6 is 0 Å². The summed E-state index contributed by atoms with van der Waals surface area (Å²) in [6, 6.07) is 0. The number of hydrogen-bond acceptors (Lipinski definition) is 12. The van der Waals surface area contributed by atoms with E-state index in [9.17, 15) is 40.2 Å². The second-order valence-electron chi connectivity index (χ2n) is 18.8. The van der Waals surface area contributed by atoms with Crippen LogP contribution in [0.5, 0.6) is 0 Å². The second-order valence-corrected chi connectivity index (χ2v) is 18.8. The SMILES string of the molecule is CC(=O)OC[C@H]1O[C@@H](O[C@@H]2C[C@H]3C(C)(C)[C@H](OC(C)=O)CC[C@]3(C)[C@H]3CC[C@]4(C)C(=CC[C@H]4[C@@H](C)C[C@@H](O)[C@H](O)C(C)(C)O)[C@@]32C)[C@H](O)[C@@H](O)[C@@H]1O. The summed E-state index contributed by atoms with van der Waals surface area (Å²) in [5.41, 5.74) is -1.59. The molecule has 5 aliphatic rings. The molecule has 0 unspecified atom stereocenters. The Morgan fingerprint density at radius 2 is 1.60 bits per heavy atom. The van der Waals surface area contributed by atoms with Gasteiger partial charge < -0.3 is 49.6 Å². The molecule has 16 atom stereocenters. The first kappa shape index (κ1) is 41.5. The van der Waals surface area contributed by atoms with Gasteiger partial charge in [-0.2, -0.15) is 0 Å². The van der Waals surface area contributed by atoms with E-state index in [1.54, 1.807) is 0 Å². The lowest BCUT2D eigenvalue weighted by Gasteiger charge is -2.69. The van der Waals surface area contributed by atoms with Crippen LogP contribution in [0.4, 0.5) is 0 Å². The quantitative estimate of drug-likeness (QED) is 0.109. The Morgan fingerprint density at radius 1 is 0.942 bits per heavy atom. The van der Waals surface area contributed by atoms with Gasteiger partial charge in [0.1, 0.15) is 43.2 Å². The van der Waals surface area contributed by atoms with E-state index in [0.717, 1.165) is 32.1 Å². The van der Waals surface area contributed by atoms with Crippen LogP contribution in [0.15, 0.2) is 11.6 Å². The van der Waals surface area contributed by atoms with Gasteiger partial charge in [0.15, 0.2) is 6.29 Å². The van der Waals surface area contributed by atoms with E-state index >= 15 is 0 Å². The predicted molar refractivity (Wildman–Crippen MR) is 190 cm³/mol. The average molecular weight is 739 g/mol. The topological polar surface area (TPSA) is 192 Å². The first-order valence-corrected chi connectivity index (χ1v) is 19.4. The highest BCUT2D eigenvalue weighted by atomic mass is 16.7. The standard InChI is InChI=1S/C40H66O12/c1-20(17-24(43)34(47)37(6,7)48)23-11-12-26-38(23,8)15-13-27-39(9)16-14-29(50-22(3)42)36(4,5)28(39)18-30(40(26,27)10)52-35-33(46)32(45)31(44)25(51-35)19-49-21(2)41/h12,20,23-25,27-35,43-48H,11,13-19H2,1-10H3/t20-,23-,24+,25+,27+,28-,29+,30+,31+,32-,33+,34-,35-,38-,39+,40-/m0/s1. The second kappa shape index (κ2) is 14.5. The lowest BCUT2D eigenvalue weighted by molar-refractivity contribution is -0.334. The minimum atomic E-state index is -1.60. The molecule has 0 aromatic rings. The molecule has 5 rings (SSSR count). The van der Waals surface area contributed by atoms with E-state index in [-0.39, 0.29) is 53.2 Å². The Labute approximate surface area is 309 Å². The molecule has 0 amide bonds. The smallest absolute Gasteiger partial charge is 0.302 e. The average Bonchev–Trinajstić information content (AvgIpc) is 3.40. The largest absolute Gasteiger partial charge is 0.463 e. The monoisotopic (exact) mass is 738 g/mol. The summed E-state index contributed by atoms with van der Waals surface area (Å²) < 4.78 is 24.1. The number of rotatable bonds is 10. The Morgan fingerprint density at radius 3 is 2.19 bits per heavy atom. The van der Waals surface area contributed by atoms with Gasteiger partial charge in [0, 0.05) is 24.7 Å². The van der Waals surface area contributed by atoms with Crippen LogP contribution in [0.1, 0.15) is 114 Å². The molecule has 0 aromatic carbocycles. The normalized spacial score (nSPS) is 44.7. The molecule has 1 aliphatic heterocycles. The predicted octanol–water partition coefficient (Wildman–Crippen LogP) is 3.41. The zero-order chi connectivity index (χ0) is 38.9. The summed E-state index contributed by atoms with van der Waals surface area (Å²) in [4.78, 5) is 23.9. The zero-order valence-corrected chi connectivity index (χ0v) is 32.9. The van der Waals surface area contributed by atoms with Crippen molar-refractivity contribution in [2.75, 3.05) is 6.61 Å². The molecule has 1 saturated heterocycles. The number of allylic oxidation sites excluding steroid dienone is 1. The number of hydrogen-bond donors (Lipinski definition) is 6. The molecule has 4 fully saturated rings. The summed E-state index contributed by atoms with van der Waals surface area (Å²) in [6.07, 6.45) is -2.96. The molecule has 0 aromatic heterocycles. The minimum absolute atomic E-state index is 0.0115. The molecular formula is C40H66O12. The fourth-order valence-electron chi connectivity index (χ4n) is 12.1. The van der Waals surface area contributed by atoms with Crippen molar-refractivity contribution in [1.82, 2.24) is 0 Å². The Balaban J connectivity index is 1.53. The van der Waals surface area contributed by atoms with Crippen LogP contribution in [0.2, 0.25) is 0 Å². The van der Waals surface area contributed by atoms with Gasteiger partial charge in [0.25, 0.3) is 0 Å². The molecule has 1 heterocycles. The number of aliphatic hydroxyl groups excluding tert-OH is 5. The summed E-state index contributed by atoms with van der Waals surface area (Å²) in [6.45, 7) is 18.7. The number of carbonyl (C=O) groups is 2. The number of ether oxygens (including phenoxy) is 4. The molecule has 298 valence electrons. The highest BCUT2D eigenvalue weighted by Gasteiger charge is 2.69. The molecule has 4 aliphatic carbocycles.